The van der Waals surface area contributed by atoms with Gasteiger partial charge in [0.25, 0.3) is 11.8 Å². The SMILES string of the molecule is CC1(C)CC(NC(=O)c2ccccc2)Nc2ccc(C(=O)NS(C)(=O)=O)cc21. The quantitative estimate of drug-likeness (QED) is 0.729. The van der Waals surface area contributed by atoms with Crippen LogP contribution in [0.1, 0.15) is 46.5 Å². The van der Waals surface area contributed by atoms with Gasteiger partial charge < -0.3 is 10.6 Å². The molecule has 0 bridgehead atoms. The third kappa shape index (κ3) is 4.51. The van der Waals surface area contributed by atoms with Crippen LogP contribution in [0.2, 0.25) is 0 Å². The van der Waals surface area contributed by atoms with Crippen LogP contribution in [0.25, 0.3) is 0 Å². The van der Waals surface area contributed by atoms with Gasteiger partial charge in [0.1, 0.15) is 0 Å². The number of carbonyl (C=O) groups is 2. The number of fused-ring (bicyclic) bond motifs is 1. The van der Waals surface area contributed by atoms with E-state index in [-0.39, 0.29) is 23.1 Å². The van der Waals surface area contributed by atoms with Crippen LogP contribution in [0.3, 0.4) is 0 Å². The summed E-state index contributed by atoms with van der Waals surface area (Å²) in [5.41, 5.74) is 2.20. The van der Waals surface area contributed by atoms with E-state index < -0.39 is 15.9 Å². The maximum Gasteiger partial charge on any atom is 0.264 e. The van der Waals surface area contributed by atoms with Crippen LogP contribution in [-0.4, -0.2) is 32.7 Å². The first kappa shape index (κ1) is 19.9. The Labute approximate surface area is 164 Å². The van der Waals surface area contributed by atoms with Gasteiger partial charge >= 0.3 is 0 Å². The minimum atomic E-state index is -3.63. The second kappa shape index (κ2) is 7.27. The molecule has 3 N–H and O–H groups in total. The molecule has 1 atom stereocenters. The molecule has 1 aliphatic heterocycles. The van der Waals surface area contributed by atoms with Crippen molar-refractivity contribution in [2.75, 3.05) is 11.6 Å². The maximum absolute atomic E-state index is 12.5. The van der Waals surface area contributed by atoms with E-state index in [1.165, 1.54) is 0 Å². The molecular formula is C20H23N3O4S. The zero-order valence-electron chi connectivity index (χ0n) is 15.9. The largest absolute Gasteiger partial charge is 0.365 e. The zero-order chi connectivity index (χ0) is 20.5. The summed E-state index contributed by atoms with van der Waals surface area (Å²) in [6, 6.07) is 14.0. The Kier molecular flexibility index (Phi) is 5.16. The number of benzene rings is 2. The monoisotopic (exact) mass is 401 g/mol. The lowest BCUT2D eigenvalue weighted by atomic mass is 9.76. The van der Waals surface area contributed by atoms with Crippen molar-refractivity contribution in [3.05, 3.63) is 65.2 Å². The third-order valence-corrected chi connectivity index (χ3v) is 5.23. The van der Waals surface area contributed by atoms with E-state index in [0.717, 1.165) is 17.5 Å². The molecule has 0 fully saturated rings. The number of rotatable bonds is 4. The van der Waals surface area contributed by atoms with Crippen LogP contribution in [-0.2, 0) is 15.4 Å². The fourth-order valence-electron chi connectivity index (χ4n) is 3.38. The molecule has 1 unspecified atom stereocenters. The molecule has 0 aliphatic carbocycles. The lowest BCUT2D eigenvalue weighted by Gasteiger charge is -2.39. The number of hydrogen-bond donors (Lipinski definition) is 3. The fourth-order valence-corrected chi connectivity index (χ4v) is 3.83. The molecule has 2 aromatic carbocycles. The number of amides is 2. The summed E-state index contributed by atoms with van der Waals surface area (Å²) < 4.78 is 24.6. The van der Waals surface area contributed by atoms with Crippen molar-refractivity contribution >= 4 is 27.5 Å². The van der Waals surface area contributed by atoms with Gasteiger partial charge in [-0.25, -0.2) is 13.1 Å². The van der Waals surface area contributed by atoms with Crippen molar-refractivity contribution in [3.63, 3.8) is 0 Å². The van der Waals surface area contributed by atoms with Crippen LogP contribution in [0.15, 0.2) is 48.5 Å². The van der Waals surface area contributed by atoms with Crippen molar-refractivity contribution in [1.82, 2.24) is 10.0 Å². The first-order valence-electron chi connectivity index (χ1n) is 8.84. The number of carbonyl (C=O) groups excluding carboxylic acids is 2. The Balaban J connectivity index is 1.81. The van der Waals surface area contributed by atoms with E-state index in [2.05, 4.69) is 10.6 Å². The Bertz CT molecular complexity index is 1020. The number of anilines is 1. The Hall–Kier alpha value is -2.87. The van der Waals surface area contributed by atoms with Gasteiger partial charge in [0.05, 0.1) is 12.4 Å². The van der Waals surface area contributed by atoms with E-state index in [9.17, 15) is 18.0 Å². The molecule has 1 aliphatic rings. The standard InChI is InChI=1S/C20H23N3O4S/c1-20(2)12-17(22-18(24)13-7-5-4-6-8-13)21-16-10-9-14(11-15(16)20)19(25)23-28(3,26)27/h4-11,17,21H,12H2,1-3H3,(H,22,24)(H,23,25). The van der Waals surface area contributed by atoms with Crippen LogP contribution in [0.5, 0.6) is 0 Å². The van der Waals surface area contributed by atoms with Crippen molar-refractivity contribution in [2.24, 2.45) is 0 Å². The molecule has 1 heterocycles. The summed E-state index contributed by atoms with van der Waals surface area (Å²) in [4.78, 5) is 24.6. The van der Waals surface area contributed by atoms with E-state index in [4.69, 9.17) is 0 Å². The minimum absolute atomic E-state index is 0.165. The van der Waals surface area contributed by atoms with Gasteiger partial charge in [0, 0.05) is 16.8 Å². The molecule has 8 heteroatoms. The predicted octanol–water partition coefficient (Wildman–Crippen LogP) is 2.23. The molecule has 2 amide bonds. The van der Waals surface area contributed by atoms with E-state index in [1.807, 2.05) is 36.8 Å². The van der Waals surface area contributed by atoms with E-state index >= 15 is 0 Å². The van der Waals surface area contributed by atoms with Gasteiger partial charge in [-0.2, -0.15) is 0 Å². The minimum Gasteiger partial charge on any atom is -0.365 e. The fraction of sp³-hybridized carbons (Fsp3) is 0.300. The summed E-state index contributed by atoms with van der Waals surface area (Å²) in [6.07, 6.45) is 1.27. The summed E-state index contributed by atoms with van der Waals surface area (Å²) in [6.45, 7) is 4.04. The smallest absolute Gasteiger partial charge is 0.264 e. The first-order chi connectivity index (χ1) is 13.0. The van der Waals surface area contributed by atoms with Crippen LogP contribution in [0, 0.1) is 0 Å². The van der Waals surface area contributed by atoms with Gasteiger partial charge in [-0.1, -0.05) is 32.0 Å². The number of hydrogen-bond acceptors (Lipinski definition) is 5. The molecule has 28 heavy (non-hydrogen) atoms. The van der Waals surface area contributed by atoms with Gasteiger partial charge in [0.15, 0.2) is 0 Å². The van der Waals surface area contributed by atoms with Gasteiger partial charge in [-0.3, -0.25) is 9.59 Å². The number of sulfonamides is 1. The predicted molar refractivity (Wildman–Crippen MR) is 108 cm³/mol. The van der Waals surface area contributed by atoms with Crippen molar-refractivity contribution < 1.29 is 18.0 Å². The van der Waals surface area contributed by atoms with Crippen LogP contribution in [0.4, 0.5) is 5.69 Å². The average Bonchev–Trinajstić information content (AvgIpc) is 2.60. The molecule has 0 saturated carbocycles. The maximum atomic E-state index is 12.5. The summed E-state index contributed by atoms with van der Waals surface area (Å²) in [5, 5.41) is 6.28. The molecule has 2 aromatic rings. The molecule has 148 valence electrons. The Morgan fingerprint density at radius 3 is 2.36 bits per heavy atom. The molecule has 3 rings (SSSR count). The van der Waals surface area contributed by atoms with Gasteiger partial charge in [0.2, 0.25) is 10.0 Å². The van der Waals surface area contributed by atoms with Crippen LogP contribution >= 0.6 is 0 Å². The number of nitrogens with one attached hydrogen (secondary N) is 3. The molecule has 0 spiro atoms. The highest BCUT2D eigenvalue weighted by molar-refractivity contribution is 7.89. The third-order valence-electron chi connectivity index (χ3n) is 4.67. The lowest BCUT2D eigenvalue weighted by Crippen LogP contribution is -2.47. The highest BCUT2D eigenvalue weighted by Crippen LogP contribution is 2.39. The summed E-state index contributed by atoms with van der Waals surface area (Å²) >= 11 is 0. The van der Waals surface area contributed by atoms with Crippen molar-refractivity contribution in [2.45, 2.75) is 31.8 Å². The van der Waals surface area contributed by atoms with Crippen LogP contribution < -0.4 is 15.4 Å². The molecular weight excluding hydrogens is 378 g/mol. The normalized spacial score (nSPS) is 17.8. The highest BCUT2D eigenvalue weighted by Gasteiger charge is 2.34. The summed E-state index contributed by atoms with van der Waals surface area (Å²) in [7, 11) is -3.63. The Morgan fingerprint density at radius 1 is 1.04 bits per heavy atom. The Morgan fingerprint density at radius 2 is 1.71 bits per heavy atom. The van der Waals surface area contributed by atoms with Gasteiger partial charge in [-0.15, -0.1) is 0 Å². The summed E-state index contributed by atoms with van der Waals surface area (Å²) in [5.74, 6) is -0.831. The second-order valence-electron chi connectivity index (χ2n) is 7.59. The first-order valence-corrected chi connectivity index (χ1v) is 10.7. The lowest BCUT2D eigenvalue weighted by molar-refractivity contribution is 0.0934. The molecule has 0 radical (unpaired) electrons. The highest BCUT2D eigenvalue weighted by atomic mass is 32.2. The molecule has 0 saturated heterocycles. The molecule has 7 nitrogen and oxygen atoms in total. The van der Waals surface area contributed by atoms with Gasteiger partial charge in [-0.05, 0) is 47.7 Å². The second-order valence-corrected chi connectivity index (χ2v) is 9.34. The van der Waals surface area contributed by atoms with Crippen molar-refractivity contribution in [3.8, 4) is 0 Å². The topological polar surface area (TPSA) is 104 Å². The van der Waals surface area contributed by atoms with E-state index in [0.29, 0.717) is 12.0 Å². The van der Waals surface area contributed by atoms with Crippen molar-refractivity contribution in [1.29, 1.82) is 0 Å². The zero-order valence-corrected chi connectivity index (χ0v) is 16.8. The average molecular weight is 401 g/mol. The molecule has 0 aromatic heterocycles. The van der Waals surface area contributed by atoms with E-state index in [1.54, 1.807) is 30.3 Å².